The summed E-state index contributed by atoms with van der Waals surface area (Å²) in [5.41, 5.74) is 0.142. The first-order valence-electron chi connectivity index (χ1n) is 9.91. The number of amides is 2. The van der Waals surface area contributed by atoms with E-state index in [1.807, 2.05) is 0 Å². The van der Waals surface area contributed by atoms with Crippen LogP contribution in [0, 0.1) is 6.92 Å². The fraction of sp³-hybridized carbons (Fsp3) is 0.650. The Morgan fingerprint density at radius 2 is 1.96 bits per heavy atom. The second-order valence-corrected chi connectivity index (χ2v) is 7.72. The van der Waals surface area contributed by atoms with Gasteiger partial charge in [-0.1, -0.05) is 26.2 Å². The lowest BCUT2D eigenvalue weighted by atomic mass is 9.91. The molecule has 0 aliphatic carbocycles. The van der Waals surface area contributed by atoms with Gasteiger partial charge in [0.15, 0.2) is 5.43 Å². The Bertz CT molecular complexity index is 750. The molecule has 2 fully saturated rings. The first kappa shape index (κ1) is 19.5. The van der Waals surface area contributed by atoms with E-state index in [1.165, 1.54) is 25.1 Å². The molecule has 1 aromatic rings. The predicted molar refractivity (Wildman–Crippen MR) is 102 cm³/mol. The molecule has 3 rings (SSSR count). The van der Waals surface area contributed by atoms with Crippen LogP contribution in [0.1, 0.15) is 61.5 Å². The largest absolute Gasteiger partial charge is 0.441 e. The quantitative estimate of drug-likeness (QED) is 0.775. The van der Waals surface area contributed by atoms with E-state index in [0.717, 1.165) is 25.1 Å². The molecule has 148 valence electrons. The molecule has 2 aliphatic rings. The Kier molecular flexibility index (Phi) is 5.87. The van der Waals surface area contributed by atoms with Gasteiger partial charge >= 0.3 is 6.09 Å². The van der Waals surface area contributed by atoms with Crippen molar-refractivity contribution in [2.24, 2.45) is 0 Å². The number of hydrogen-bond acceptors (Lipinski definition) is 4. The smallest absolute Gasteiger partial charge is 0.410 e. The Morgan fingerprint density at radius 3 is 2.63 bits per heavy atom. The molecule has 0 atom stereocenters. The second kappa shape index (κ2) is 8.15. The number of unbranched alkanes of at least 4 members (excludes halogenated alkanes) is 3. The van der Waals surface area contributed by atoms with Gasteiger partial charge in [0.2, 0.25) is 0 Å². The summed E-state index contributed by atoms with van der Waals surface area (Å²) in [5.74, 6) is -0.258. The summed E-state index contributed by atoms with van der Waals surface area (Å²) in [7, 11) is 0. The fourth-order valence-corrected chi connectivity index (χ4v) is 3.88. The maximum Gasteiger partial charge on any atom is 0.410 e. The molecule has 0 bridgehead atoms. The third kappa shape index (κ3) is 4.34. The van der Waals surface area contributed by atoms with Gasteiger partial charge in [0.05, 0.1) is 6.54 Å². The SMILES string of the molecule is CCCCCCN1CC2(CCN(C(=O)c3c[nH]c(C)cc3=O)CC2)OC1=O. The number of hydrogen-bond donors (Lipinski definition) is 1. The lowest BCUT2D eigenvalue weighted by Gasteiger charge is -2.37. The van der Waals surface area contributed by atoms with E-state index in [9.17, 15) is 14.4 Å². The zero-order valence-corrected chi connectivity index (χ0v) is 16.3. The number of pyridine rings is 1. The number of likely N-dealkylation sites (tertiary alicyclic amines) is 1. The van der Waals surface area contributed by atoms with Gasteiger partial charge in [-0.05, 0) is 13.3 Å². The Balaban J connectivity index is 1.56. The third-order valence-corrected chi connectivity index (χ3v) is 5.57. The van der Waals surface area contributed by atoms with Crippen LogP contribution in [0.2, 0.25) is 0 Å². The van der Waals surface area contributed by atoms with Crippen molar-refractivity contribution in [2.45, 2.75) is 58.0 Å². The molecule has 0 aromatic carbocycles. The molecule has 2 saturated heterocycles. The van der Waals surface area contributed by atoms with Crippen molar-refractivity contribution in [2.75, 3.05) is 26.2 Å². The van der Waals surface area contributed by atoms with E-state index in [1.54, 1.807) is 16.7 Å². The normalized spacial score (nSPS) is 18.8. The zero-order chi connectivity index (χ0) is 19.4. The van der Waals surface area contributed by atoms with Gasteiger partial charge in [0, 0.05) is 50.4 Å². The number of nitrogens with zero attached hydrogens (tertiary/aromatic N) is 2. The number of carbonyl (C=O) groups excluding carboxylic acids is 2. The van der Waals surface area contributed by atoms with Crippen molar-refractivity contribution < 1.29 is 14.3 Å². The molecular formula is C20H29N3O4. The van der Waals surface area contributed by atoms with Crippen LogP contribution in [0.3, 0.4) is 0 Å². The summed E-state index contributed by atoms with van der Waals surface area (Å²) in [4.78, 5) is 43.3. The van der Waals surface area contributed by atoms with Gasteiger partial charge < -0.3 is 19.5 Å². The van der Waals surface area contributed by atoms with E-state index < -0.39 is 5.60 Å². The van der Waals surface area contributed by atoms with E-state index in [-0.39, 0.29) is 23.0 Å². The summed E-state index contributed by atoms with van der Waals surface area (Å²) >= 11 is 0. The van der Waals surface area contributed by atoms with Crippen molar-refractivity contribution >= 4 is 12.0 Å². The monoisotopic (exact) mass is 375 g/mol. The Labute approximate surface area is 159 Å². The van der Waals surface area contributed by atoms with Crippen LogP contribution in [0.15, 0.2) is 17.1 Å². The summed E-state index contributed by atoms with van der Waals surface area (Å²) in [6.07, 6.45) is 6.95. The van der Waals surface area contributed by atoms with Crippen molar-refractivity contribution in [3.05, 3.63) is 33.7 Å². The number of carbonyl (C=O) groups is 2. The number of rotatable bonds is 6. The highest BCUT2D eigenvalue weighted by Gasteiger charge is 2.47. The molecule has 2 amide bonds. The Hall–Kier alpha value is -2.31. The van der Waals surface area contributed by atoms with Crippen molar-refractivity contribution in [3.63, 3.8) is 0 Å². The number of ether oxygens (including phenoxy) is 1. The average molecular weight is 375 g/mol. The van der Waals surface area contributed by atoms with Crippen LogP contribution >= 0.6 is 0 Å². The van der Waals surface area contributed by atoms with Gasteiger partial charge in [0.25, 0.3) is 5.91 Å². The van der Waals surface area contributed by atoms with E-state index in [2.05, 4.69) is 11.9 Å². The van der Waals surface area contributed by atoms with Crippen LogP contribution in [0.5, 0.6) is 0 Å². The average Bonchev–Trinajstić information content (AvgIpc) is 2.94. The first-order valence-corrected chi connectivity index (χ1v) is 9.91. The minimum Gasteiger partial charge on any atom is -0.441 e. The van der Waals surface area contributed by atoms with E-state index >= 15 is 0 Å². The Morgan fingerprint density at radius 1 is 1.22 bits per heavy atom. The highest BCUT2D eigenvalue weighted by molar-refractivity contribution is 5.93. The standard InChI is InChI=1S/C20H29N3O4/c1-3-4-5-6-9-23-14-20(27-19(23)26)7-10-22(11-8-20)18(25)16-13-21-15(2)12-17(16)24/h12-13H,3-11,14H2,1-2H3,(H,21,24). The van der Waals surface area contributed by atoms with Crippen LogP contribution in [-0.2, 0) is 4.74 Å². The number of aromatic nitrogens is 1. The van der Waals surface area contributed by atoms with Gasteiger partial charge in [0.1, 0.15) is 11.2 Å². The molecule has 1 spiro atoms. The minimum absolute atomic E-state index is 0.164. The summed E-state index contributed by atoms with van der Waals surface area (Å²) in [6.45, 7) is 6.26. The van der Waals surface area contributed by atoms with Crippen LogP contribution in [0.25, 0.3) is 0 Å². The maximum absolute atomic E-state index is 12.7. The van der Waals surface area contributed by atoms with Gasteiger partial charge in [-0.3, -0.25) is 9.59 Å². The summed E-state index contributed by atoms with van der Waals surface area (Å²) in [5, 5.41) is 0. The number of aromatic amines is 1. The van der Waals surface area contributed by atoms with E-state index in [0.29, 0.717) is 32.5 Å². The minimum atomic E-state index is -0.488. The molecule has 0 saturated carbocycles. The lowest BCUT2D eigenvalue weighted by molar-refractivity contribution is 0.00309. The van der Waals surface area contributed by atoms with Crippen molar-refractivity contribution in [1.29, 1.82) is 0 Å². The number of piperidine rings is 1. The molecule has 1 N–H and O–H groups in total. The molecule has 1 aromatic heterocycles. The number of nitrogens with one attached hydrogen (secondary N) is 1. The molecule has 27 heavy (non-hydrogen) atoms. The van der Waals surface area contributed by atoms with Crippen molar-refractivity contribution in [1.82, 2.24) is 14.8 Å². The fourth-order valence-electron chi connectivity index (χ4n) is 3.88. The van der Waals surface area contributed by atoms with Crippen LogP contribution in [0.4, 0.5) is 4.79 Å². The molecule has 7 nitrogen and oxygen atoms in total. The molecular weight excluding hydrogens is 346 g/mol. The highest BCUT2D eigenvalue weighted by Crippen LogP contribution is 2.33. The topological polar surface area (TPSA) is 82.7 Å². The van der Waals surface area contributed by atoms with E-state index in [4.69, 9.17) is 4.74 Å². The first-order chi connectivity index (χ1) is 12.9. The molecule has 7 heteroatoms. The van der Waals surface area contributed by atoms with Gasteiger partial charge in [-0.15, -0.1) is 0 Å². The summed E-state index contributed by atoms with van der Waals surface area (Å²) in [6, 6.07) is 1.44. The van der Waals surface area contributed by atoms with Crippen LogP contribution < -0.4 is 5.43 Å². The van der Waals surface area contributed by atoms with Crippen molar-refractivity contribution in [3.8, 4) is 0 Å². The maximum atomic E-state index is 12.7. The molecule has 0 radical (unpaired) electrons. The lowest BCUT2D eigenvalue weighted by Crippen LogP contribution is -2.49. The molecule has 0 unspecified atom stereocenters. The summed E-state index contributed by atoms with van der Waals surface area (Å²) < 4.78 is 5.71. The third-order valence-electron chi connectivity index (χ3n) is 5.57. The van der Waals surface area contributed by atoms with Gasteiger partial charge in [-0.2, -0.15) is 0 Å². The zero-order valence-electron chi connectivity index (χ0n) is 16.3. The molecule has 2 aliphatic heterocycles. The second-order valence-electron chi connectivity index (χ2n) is 7.72. The van der Waals surface area contributed by atoms with Crippen LogP contribution in [-0.4, -0.2) is 58.6 Å². The number of aryl methyl sites for hydroxylation is 1. The van der Waals surface area contributed by atoms with Gasteiger partial charge in [-0.25, -0.2) is 4.79 Å². The highest BCUT2D eigenvalue weighted by atomic mass is 16.6. The predicted octanol–water partition coefficient (Wildman–Crippen LogP) is 2.69. The number of H-pyrrole nitrogens is 1. The molecule has 3 heterocycles.